The lowest BCUT2D eigenvalue weighted by Gasteiger charge is -2.51. The van der Waals surface area contributed by atoms with Gasteiger partial charge in [-0.2, -0.15) is 0 Å². The first-order chi connectivity index (χ1) is 17.6. The van der Waals surface area contributed by atoms with Gasteiger partial charge in [0, 0.05) is 36.0 Å². The number of amides is 3. The fourth-order valence-electron chi connectivity index (χ4n) is 4.76. The second kappa shape index (κ2) is 11.0. The van der Waals surface area contributed by atoms with Crippen LogP contribution in [0.1, 0.15) is 57.0 Å². The molecule has 1 aliphatic heterocycles. The molecule has 0 spiro atoms. The summed E-state index contributed by atoms with van der Waals surface area (Å²) < 4.78 is 26.6. The Balaban J connectivity index is 1.79. The highest BCUT2D eigenvalue weighted by molar-refractivity contribution is 7.90. The fraction of sp³-hybridized carbons (Fsp3) is 0.444. The normalized spacial score (nSPS) is 20.1. The van der Waals surface area contributed by atoms with Gasteiger partial charge in [0.25, 0.3) is 15.9 Å². The molecule has 206 valence electrons. The van der Waals surface area contributed by atoms with Crippen molar-refractivity contribution < 1.29 is 27.9 Å². The molecular formula is C27H34ClN3O6S. The summed E-state index contributed by atoms with van der Waals surface area (Å²) in [7, 11) is -4.13. The van der Waals surface area contributed by atoms with Crippen molar-refractivity contribution in [3.63, 3.8) is 0 Å². The fourth-order valence-corrected chi connectivity index (χ4v) is 5.92. The van der Waals surface area contributed by atoms with E-state index < -0.39 is 38.9 Å². The third-order valence-electron chi connectivity index (χ3n) is 6.99. The van der Waals surface area contributed by atoms with Gasteiger partial charge in [-0.3, -0.25) is 14.4 Å². The molecule has 0 saturated carbocycles. The molecule has 0 bridgehead atoms. The molecule has 9 nitrogen and oxygen atoms in total. The Morgan fingerprint density at radius 1 is 1.08 bits per heavy atom. The zero-order valence-corrected chi connectivity index (χ0v) is 23.7. The molecule has 0 radical (unpaired) electrons. The van der Waals surface area contributed by atoms with Gasteiger partial charge >= 0.3 is 0 Å². The number of piperidine rings is 1. The van der Waals surface area contributed by atoms with Crippen LogP contribution in [0.3, 0.4) is 0 Å². The van der Waals surface area contributed by atoms with Crippen LogP contribution in [-0.4, -0.2) is 55.3 Å². The average Bonchev–Trinajstić information content (AvgIpc) is 2.83. The molecule has 3 amide bonds. The molecule has 1 saturated heterocycles. The van der Waals surface area contributed by atoms with E-state index in [1.807, 2.05) is 18.6 Å². The second-order valence-corrected chi connectivity index (χ2v) is 12.8. The topological polar surface area (TPSA) is 133 Å². The SMILES string of the molecule is CC(=O)NS(=O)(=O)c1cccc(C(=O)NC(C(=O)N2CCC(O)(c3ccc(Cl)cc3)C(C)(C)C2)C(C)C)c1. The summed E-state index contributed by atoms with van der Waals surface area (Å²) in [4.78, 5) is 39.3. The minimum absolute atomic E-state index is 0.0333. The van der Waals surface area contributed by atoms with Crippen LogP contribution in [0.5, 0.6) is 0 Å². The monoisotopic (exact) mass is 563 g/mol. The molecule has 2 aromatic rings. The third kappa shape index (κ3) is 6.19. The van der Waals surface area contributed by atoms with E-state index in [9.17, 15) is 27.9 Å². The van der Waals surface area contributed by atoms with E-state index in [1.165, 1.54) is 18.2 Å². The van der Waals surface area contributed by atoms with Crippen LogP contribution < -0.4 is 10.0 Å². The molecule has 1 fully saturated rings. The van der Waals surface area contributed by atoms with Crippen LogP contribution in [0.2, 0.25) is 5.02 Å². The zero-order chi connectivity index (χ0) is 28.5. The number of sulfonamides is 1. The third-order valence-corrected chi connectivity index (χ3v) is 8.67. The van der Waals surface area contributed by atoms with E-state index in [0.29, 0.717) is 11.4 Å². The zero-order valence-electron chi connectivity index (χ0n) is 22.1. The maximum Gasteiger partial charge on any atom is 0.264 e. The van der Waals surface area contributed by atoms with Crippen molar-refractivity contribution >= 4 is 39.3 Å². The van der Waals surface area contributed by atoms with E-state index in [-0.39, 0.29) is 35.4 Å². The molecule has 38 heavy (non-hydrogen) atoms. The summed E-state index contributed by atoms with van der Waals surface area (Å²) in [5.41, 5.74) is -1.12. The standard InChI is InChI=1S/C27H34ClN3O6S/c1-17(2)23(29-24(33)19-7-6-8-22(15-19)38(36,37)30-18(3)32)25(34)31-14-13-27(35,26(4,5)16-31)20-9-11-21(28)12-10-20/h6-12,15,17,23,35H,13-14,16H2,1-5H3,(H,29,33)(H,30,32). The van der Waals surface area contributed by atoms with Crippen LogP contribution >= 0.6 is 11.6 Å². The Bertz CT molecular complexity index is 1330. The molecule has 2 unspecified atom stereocenters. The number of carbonyl (C=O) groups excluding carboxylic acids is 3. The summed E-state index contributed by atoms with van der Waals surface area (Å²) in [6.07, 6.45) is 0.301. The summed E-state index contributed by atoms with van der Waals surface area (Å²) >= 11 is 6.02. The maximum atomic E-state index is 13.6. The molecule has 1 heterocycles. The number of benzene rings is 2. The van der Waals surface area contributed by atoms with E-state index in [4.69, 9.17) is 11.6 Å². The van der Waals surface area contributed by atoms with Gasteiger partial charge in [0.2, 0.25) is 11.8 Å². The predicted octanol–water partition coefficient (Wildman–Crippen LogP) is 3.07. The van der Waals surface area contributed by atoms with E-state index in [2.05, 4.69) is 5.32 Å². The number of halogens is 1. The minimum atomic E-state index is -4.13. The molecule has 3 rings (SSSR count). The molecule has 3 N–H and O–H groups in total. The molecular weight excluding hydrogens is 530 g/mol. The van der Waals surface area contributed by atoms with Crippen molar-refractivity contribution in [2.45, 2.75) is 57.6 Å². The van der Waals surface area contributed by atoms with Crippen LogP contribution in [0.4, 0.5) is 0 Å². The van der Waals surface area contributed by atoms with E-state index in [1.54, 1.807) is 43.0 Å². The quantitative estimate of drug-likeness (QED) is 0.474. The molecule has 2 aromatic carbocycles. The lowest BCUT2D eigenvalue weighted by atomic mass is 9.66. The van der Waals surface area contributed by atoms with Crippen LogP contribution in [0.25, 0.3) is 0 Å². The molecule has 0 aromatic heterocycles. The Labute approximate surface area is 228 Å². The lowest BCUT2D eigenvalue weighted by Crippen LogP contribution is -2.60. The van der Waals surface area contributed by atoms with Crippen molar-refractivity contribution in [3.05, 3.63) is 64.7 Å². The van der Waals surface area contributed by atoms with Crippen LogP contribution in [-0.2, 0) is 25.2 Å². The largest absolute Gasteiger partial charge is 0.384 e. The van der Waals surface area contributed by atoms with E-state index in [0.717, 1.165) is 18.6 Å². The van der Waals surface area contributed by atoms with Gasteiger partial charge in [-0.1, -0.05) is 57.5 Å². The van der Waals surface area contributed by atoms with Crippen molar-refractivity contribution in [1.82, 2.24) is 14.9 Å². The highest BCUT2D eigenvalue weighted by Gasteiger charge is 2.50. The van der Waals surface area contributed by atoms with Crippen molar-refractivity contribution in [2.75, 3.05) is 13.1 Å². The maximum absolute atomic E-state index is 13.6. The lowest BCUT2D eigenvalue weighted by molar-refractivity contribution is -0.155. The van der Waals surface area contributed by atoms with Crippen LogP contribution in [0, 0.1) is 11.3 Å². The smallest absolute Gasteiger partial charge is 0.264 e. The summed E-state index contributed by atoms with van der Waals surface area (Å²) in [6, 6.07) is 11.4. The number of hydrogen-bond acceptors (Lipinski definition) is 6. The van der Waals surface area contributed by atoms with Crippen molar-refractivity contribution in [3.8, 4) is 0 Å². The number of aliphatic hydroxyl groups is 1. The molecule has 2 atom stereocenters. The summed E-state index contributed by atoms with van der Waals surface area (Å²) in [6.45, 7) is 9.01. The highest BCUT2D eigenvalue weighted by Crippen LogP contribution is 2.46. The van der Waals surface area contributed by atoms with E-state index >= 15 is 0 Å². The van der Waals surface area contributed by atoms with Gasteiger partial charge in [-0.05, 0) is 48.2 Å². The van der Waals surface area contributed by atoms with Gasteiger partial charge in [-0.15, -0.1) is 0 Å². The predicted molar refractivity (Wildman–Crippen MR) is 144 cm³/mol. The number of carbonyl (C=O) groups is 3. The number of likely N-dealkylation sites (tertiary alicyclic amines) is 1. The first-order valence-corrected chi connectivity index (χ1v) is 14.1. The van der Waals surface area contributed by atoms with Crippen molar-refractivity contribution in [1.29, 1.82) is 0 Å². The number of nitrogens with zero attached hydrogens (tertiary/aromatic N) is 1. The number of hydrogen-bond donors (Lipinski definition) is 3. The Morgan fingerprint density at radius 2 is 1.71 bits per heavy atom. The molecule has 0 aliphatic carbocycles. The first kappa shape index (κ1) is 29.6. The molecule has 11 heteroatoms. The first-order valence-electron chi connectivity index (χ1n) is 12.3. The Kier molecular flexibility index (Phi) is 8.60. The minimum Gasteiger partial charge on any atom is -0.384 e. The van der Waals surface area contributed by atoms with Gasteiger partial charge < -0.3 is 15.3 Å². The Morgan fingerprint density at radius 3 is 2.26 bits per heavy atom. The summed E-state index contributed by atoms with van der Waals surface area (Å²) in [5, 5.41) is 14.9. The molecule has 1 aliphatic rings. The summed E-state index contributed by atoms with van der Waals surface area (Å²) in [5.74, 6) is -1.93. The van der Waals surface area contributed by atoms with Crippen molar-refractivity contribution in [2.24, 2.45) is 11.3 Å². The number of nitrogens with one attached hydrogen (secondary N) is 2. The van der Waals surface area contributed by atoms with Gasteiger partial charge in [0.05, 0.1) is 10.5 Å². The van der Waals surface area contributed by atoms with Gasteiger partial charge in [0.15, 0.2) is 0 Å². The Hall–Kier alpha value is -2.95. The van der Waals surface area contributed by atoms with Gasteiger partial charge in [-0.25, -0.2) is 13.1 Å². The average molecular weight is 564 g/mol. The highest BCUT2D eigenvalue weighted by atomic mass is 35.5. The number of rotatable bonds is 7. The second-order valence-electron chi connectivity index (χ2n) is 10.6. The van der Waals surface area contributed by atoms with Crippen LogP contribution in [0.15, 0.2) is 53.4 Å². The van der Waals surface area contributed by atoms with Gasteiger partial charge in [0.1, 0.15) is 6.04 Å².